The molecule has 28 heavy (non-hydrogen) atoms. The first-order valence-electron chi connectivity index (χ1n) is 8.70. The number of benzene rings is 1. The van der Waals surface area contributed by atoms with Crippen molar-refractivity contribution in [3.05, 3.63) is 41.0 Å². The second-order valence-corrected chi connectivity index (χ2v) is 7.85. The van der Waals surface area contributed by atoms with Gasteiger partial charge in [0.25, 0.3) is 0 Å². The summed E-state index contributed by atoms with van der Waals surface area (Å²) in [5.41, 5.74) is -2.84. The van der Waals surface area contributed by atoms with Gasteiger partial charge >= 0.3 is 11.9 Å². The van der Waals surface area contributed by atoms with Crippen molar-refractivity contribution in [1.82, 2.24) is 0 Å². The molecular formula is C20H22F4O4. The zero-order valence-electron chi connectivity index (χ0n) is 16.5. The van der Waals surface area contributed by atoms with Gasteiger partial charge in [-0.05, 0) is 39.0 Å². The van der Waals surface area contributed by atoms with Crippen LogP contribution in [-0.2, 0) is 14.3 Å². The van der Waals surface area contributed by atoms with E-state index < -0.39 is 63.3 Å². The lowest BCUT2D eigenvalue weighted by Crippen LogP contribution is -2.25. The first-order valence-corrected chi connectivity index (χ1v) is 8.70. The van der Waals surface area contributed by atoms with E-state index in [4.69, 9.17) is 9.47 Å². The highest BCUT2D eigenvalue weighted by Gasteiger charge is 2.72. The van der Waals surface area contributed by atoms with E-state index in [-0.39, 0.29) is 6.10 Å². The Balaban J connectivity index is 2.28. The molecule has 2 unspecified atom stereocenters. The van der Waals surface area contributed by atoms with Gasteiger partial charge in [0.05, 0.1) is 11.5 Å². The molecule has 1 aliphatic rings. The summed E-state index contributed by atoms with van der Waals surface area (Å²) in [5, 5.41) is 0. The van der Waals surface area contributed by atoms with Crippen molar-refractivity contribution in [3.8, 4) is 5.75 Å². The summed E-state index contributed by atoms with van der Waals surface area (Å²) in [6, 6.07) is 0. The van der Waals surface area contributed by atoms with Gasteiger partial charge in [-0.3, -0.25) is 4.79 Å². The molecule has 2 atom stereocenters. The van der Waals surface area contributed by atoms with Crippen molar-refractivity contribution >= 4 is 11.9 Å². The third kappa shape index (κ3) is 3.40. The minimum Gasteiger partial charge on any atom is -0.460 e. The number of allylic oxidation sites excluding steroid dienone is 1. The highest BCUT2D eigenvalue weighted by molar-refractivity contribution is 5.86. The van der Waals surface area contributed by atoms with Gasteiger partial charge < -0.3 is 9.47 Å². The van der Waals surface area contributed by atoms with E-state index in [1.54, 1.807) is 27.7 Å². The molecule has 0 aromatic heterocycles. The van der Waals surface area contributed by atoms with E-state index in [0.29, 0.717) is 0 Å². The fourth-order valence-corrected chi connectivity index (χ4v) is 3.30. The van der Waals surface area contributed by atoms with Crippen LogP contribution in [-0.4, -0.2) is 18.0 Å². The van der Waals surface area contributed by atoms with E-state index in [0.717, 1.165) is 13.0 Å². The van der Waals surface area contributed by atoms with Crippen molar-refractivity contribution in [3.63, 3.8) is 0 Å². The fourth-order valence-electron chi connectivity index (χ4n) is 3.30. The average Bonchev–Trinajstić information content (AvgIpc) is 3.05. The zero-order chi connectivity index (χ0) is 21.6. The lowest BCUT2D eigenvalue weighted by Gasteiger charge is -2.15. The lowest BCUT2D eigenvalue weighted by atomic mass is 9.98. The molecule has 0 heterocycles. The van der Waals surface area contributed by atoms with Gasteiger partial charge in [-0.2, -0.15) is 8.78 Å². The van der Waals surface area contributed by atoms with E-state index in [9.17, 15) is 27.2 Å². The number of ether oxygens (including phenoxy) is 2. The highest BCUT2D eigenvalue weighted by Crippen LogP contribution is 2.69. The first-order chi connectivity index (χ1) is 12.8. The van der Waals surface area contributed by atoms with Crippen molar-refractivity contribution in [2.75, 3.05) is 0 Å². The molecule has 1 saturated carbocycles. The Hall–Kier alpha value is -2.38. The van der Waals surface area contributed by atoms with Gasteiger partial charge in [-0.1, -0.05) is 19.9 Å². The normalized spacial score (nSPS) is 23.2. The monoisotopic (exact) mass is 402 g/mol. The zero-order valence-corrected chi connectivity index (χ0v) is 16.5. The Morgan fingerprint density at radius 2 is 1.50 bits per heavy atom. The predicted octanol–water partition coefficient (Wildman–Crippen LogP) is 4.63. The summed E-state index contributed by atoms with van der Waals surface area (Å²) >= 11 is 0. The smallest absolute Gasteiger partial charge is 0.330 e. The van der Waals surface area contributed by atoms with Crippen molar-refractivity contribution < 1.29 is 36.6 Å². The van der Waals surface area contributed by atoms with Crippen LogP contribution in [0.1, 0.15) is 40.2 Å². The van der Waals surface area contributed by atoms with Gasteiger partial charge in [0, 0.05) is 11.6 Å². The van der Waals surface area contributed by atoms with Crippen molar-refractivity contribution in [1.29, 1.82) is 0 Å². The molecule has 0 radical (unpaired) electrons. The van der Waals surface area contributed by atoms with Gasteiger partial charge in [0.15, 0.2) is 11.6 Å². The Bertz CT molecular complexity index is 831. The van der Waals surface area contributed by atoms with Crippen LogP contribution in [0.3, 0.4) is 0 Å². The van der Waals surface area contributed by atoms with Crippen LogP contribution in [0, 0.1) is 46.9 Å². The second-order valence-electron chi connectivity index (χ2n) is 7.85. The molecule has 0 N–H and O–H groups in total. The van der Waals surface area contributed by atoms with Gasteiger partial charge in [-0.15, -0.1) is 0 Å². The molecule has 1 fully saturated rings. The van der Waals surface area contributed by atoms with Crippen LogP contribution in [0.2, 0.25) is 0 Å². The quantitative estimate of drug-likeness (QED) is 0.237. The minimum atomic E-state index is -1.78. The third-order valence-electron chi connectivity index (χ3n) is 5.49. The number of hydrogen-bond donors (Lipinski definition) is 0. The molecule has 0 bridgehead atoms. The van der Waals surface area contributed by atoms with E-state index in [1.807, 2.05) is 0 Å². The van der Waals surface area contributed by atoms with Crippen LogP contribution >= 0.6 is 0 Å². The van der Waals surface area contributed by atoms with E-state index in [1.165, 1.54) is 13.0 Å². The molecule has 1 aliphatic carbocycles. The Kier molecular flexibility index (Phi) is 5.65. The minimum absolute atomic E-state index is 0.321. The largest absolute Gasteiger partial charge is 0.460 e. The molecule has 4 nitrogen and oxygen atoms in total. The van der Waals surface area contributed by atoms with Crippen LogP contribution in [0.4, 0.5) is 17.6 Å². The molecule has 0 saturated heterocycles. The third-order valence-corrected chi connectivity index (χ3v) is 5.49. The molecule has 8 heteroatoms. The molecule has 1 aromatic carbocycles. The van der Waals surface area contributed by atoms with Crippen LogP contribution in [0.25, 0.3) is 0 Å². The maximum Gasteiger partial charge on any atom is 0.330 e. The Morgan fingerprint density at radius 1 is 1.00 bits per heavy atom. The van der Waals surface area contributed by atoms with Gasteiger partial charge in [0.1, 0.15) is 0 Å². The summed E-state index contributed by atoms with van der Waals surface area (Å²) in [7, 11) is 0. The standard InChI is InChI=1S/C20H22F4O4/c1-9(2)27-12(25)8-7-11-19(4,5)20(11,6)18(26)28-17-15(23)13(21)10(3)14(22)16(17)24/h7-9,11H,1-6H3. The predicted molar refractivity (Wildman–Crippen MR) is 92.4 cm³/mol. The molecule has 1 aromatic rings. The topological polar surface area (TPSA) is 52.6 Å². The number of carbonyl (C=O) groups excluding carboxylic acids is 2. The van der Waals surface area contributed by atoms with E-state index >= 15 is 0 Å². The maximum absolute atomic E-state index is 14.0. The molecule has 154 valence electrons. The van der Waals surface area contributed by atoms with Gasteiger partial charge in [-0.25, -0.2) is 13.6 Å². The highest BCUT2D eigenvalue weighted by atomic mass is 19.2. The van der Waals surface area contributed by atoms with Gasteiger partial charge in [0.2, 0.25) is 17.4 Å². The molecule has 2 rings (SSSR count). The Labute approximate surface area is 160 Å². The summed E-state index contributed by atoms with van der Waals surface area (Å²) in [5.74, 6) is -10.4. The van der Waals surface area contributed by atoms with E-state index in [2.05, 4.69) is 0 Å². The van der Waals surface area contributed by atoms with Crippen LogP contribution in [0.15, 0.2) is 12.2 Å². The van der Waals surface area contributed by atoms with Crippen LogP contribution in [0.5, 0.6) is 5.75 Å². The summed E-state index contributed by atoms with van der Waals surface area (Å²) in [6.45, 7) is 9.09. The number of halogens is 4. The second kappa shape index (κ2) is 7.22. The maximum atomic E-state index is 14.0. The summed E-state index contributed by atoms with van der Waals surface area (Å²) in [6.07, 6.45) is 2.30. The van der Waals surface area contributed by atoms with Crippen LogP contribution < -0.4 is 4.74 Å². The molecule has 0 amide bonds. The fraction of sp³-hybridized carbons (Fsp3) is 0.500. The summed E-state index contributed by atoms with van der Waals surface area (Å²) in [4.78, 5) is 24.3. The lowest BCUT2D eigenvalue weighted by molar-refractivity contribution is -0.142. The van der Waals surface area contributed by atoms with Crippen molar-refractivity contribution in [2.24, 2.45) is 16.7 Å². The summed E-state index contributed by atoms with van der Waals surface area (Å²) < 4.78 is 65.1. The molecule has 0 aliphatic heterocycles. The average molecular weight is 402 g/mol. The Morgan fingerprint density at radius 3 is 1.96 bits per heavy atom. The molecule has 0 spiro atoms. The number of carbonyl (C=O) groups is 2. The number of rotatable bonds is 5. The number of esters is 2. The first kappa shape index (κ1) is 21.9. The number of hydrogen-bond acceptors (Lipinski definition) is 4. The molecular weight excluding hydrogens is 380 g/mol. The SMILES string of the molecule is Cc1c(F)c(F)c(OC(=O)C2(C)C(C=CC(=O)OC(C)C)C2(C)C)c(F)c1F. The van der Waals surface area contributed by atoms with Crippen molar-refractivity contribution in [2.45, 2.75) is 47.6 Å².